The van der Waals surface area contributed by atoms with Crippen LogP contribution in [0.5, 0.6) is 5.75 Å². The van der Waals surface area contributed by atoms with Gasteiger partial charge in [-0.25, -0.2) is 13.9 Å². The number of amides is 1. The Hall–Kier alpha value is -3.20. The number of nitrogens with zero attached hydrogens (tertiary/aromatic N) is 3. The van der Waals surface area contributed by atoms with Gasteiger partial charge in [-0.05, 0) is 25.1 Å². The number of methoxy groups -OCH3 is 1. The molecular formula is C20H20FN5O3. The molecule has 29 heavy (non-hydrogen) atoms. The molecule has 4 bridgehead atoms. The van der Waals surface area contributed by atoms with Crippen LogP contribution in [0.2, 0.25) is 0 Å². The molecule has 3 aromatic rings. The predicted molar refractivity (Wildman–Crippen MR) is 103 cm³/mol. The lowest BCUT2D eigenvalue weighted by Crippen LogP contribution is -2.50. The van der Waals surface area contributed by atoms with Crippen molar-refractivity contribution in [2.24, 2.45) is 0 Å². The van der Waals surface area contributed by atoms with E-state index in [4.69, 9.17) is 9.47 Å². The molecular weight excluding hydrogens is 377 g/mol. The van der Waals surface area contributed by atoms with Gasteiger partial charge < -0.3 is 20.1 Å². The molecule has 2 aromatic heterocycles. The van der Waals surface area contributed by atoms with E-state index in [1.54, 1.807) is 23.9 Å². The maximum Gasteiger partial charge on any atom is 0.256 e. The molecule has 150 valence electrons. The van der Waals surface area contributed by atoms with Gasteiger partial charge in [0.1, 0.15) is 22.9 Å². The molecule has 0 radical (unpaired) electrons. The van der Waals surface area contributed by atoms with Gasteiger partial charge in [0.15, 0.2) is 11.2 Å². The van der Waals surface area contributed by atoms with Crippen molar-refractivity contribution in [2.75, 3.05) is 25.6 Å². The fraction of sp³-hybridized carbons (Fsp3) is 0.350. The van der Waals surface area contributed by atoms with Crippen LogP contribution in [0.25, 0.3) is 5.65 Å². The molecule has 0 fully saturated rings. The zero-order chi connectivity index (χ0) is 20.2. The van der Waals surface area contributed by atoms with Gasteiger partial charge in [0, 0.05) is 30.9 Å². The number of ether oxygens (including phenoxy) is 2. The molecule has 0 saturated heterocycles. The summed E-state index contributed by atoms with van der Waals surface area (Å²) in [5.41, 5.74) is 1.44. The van der Waals surface area contributed by atoms with Gasteiger partial charge in [-0.2, -0.15) is 5.10 Å². The van der Waals surface area contributed by atoms with E-state index in [1.807, 2.05) is 6.92 Å². The molecule has 0 aliphatic carbocycles. The number of aromatic nitrogens is 3. The minimum atomic E-state index is -0.818. The van der Waals surface area contributed by atoms with E-state index in [9.17, 15) is 9.18 Å². The zero-order valence-corrected chi connectivity index (χ0v) is 16.0. The first-order valence-electron chi connectivity index (χ1n) is 9.37. The fourth-order valence-electron chi connectivity index (χ4n) is 4.09. The summed E-state index contributed by atoms with van der Waals surface area (Å²) in [4.78, 5) is 17.4. The van der Waals surface area contributed by atoms with Crippen LogP contribution in [0, 0.1) is 5.82 Å². The standard InChI is InChI=1S/C20H20FN5O3/c1-11-14-6-13(21)5-12-7-20(10-28-2,29-17(12)14)9-22-19(27)15-8-23-26-4-3-16(24-11)25-18(15)26/h3-6,8,11H,7,9-10H2,1-2H3,(H,22,27)(H,24,25)/t11-,20+/m1/s1. The number of nitrogens with one attached hydrogen (secondary N) is 2. The van der Waals surface area contributed by atoms with Gasteiger partial charge in [-0.1, -0.05) is 0 Å². The smallest absolute Gasteiger partial charge is 0.256 e. The van der Waals surface area contributed by atoms with Crippen molar-refractivity contribution in [3.63, 3.8) is 0 Å². The number of fused-ring (bicyclic) bond motifs is 2. The van der Waals surface area contributed by atoms with Crippen molar-refractivity contribution < 1.29 is 18.7 Å². The maximum absolute atomic E-state index is 14.4. The first kappa shape index (κ1) is 17.9. The molecule has 5 rings (SSSR count). The van der Waals surface area contributed by atoms with Gasteiger partial charge in [-0.3, -0.25) is 4.79 Å². The maximum atomic E-state index is 14.4. The van der Waals surface area contributed by atoms with Gasteiger partial charge in [0.05, 0.1) is 25.4 Å². The van der Waals surface area contributed by atoms with Crippen LogP contribution in [0.4, 0.5) is 10.2 Å². The second-order valence-corrected chi connectivity index (χ2v) is 7.57. The summed E-state index contributed by atoms with van der Waals surface area (Å²) in [6.45, 7) is 2.37. The second kappa shape index (κ2) is 6.41. The van der Waals surface area contributed by atoms with Crippen LogP contribution in [-0.4, -0.2) is 46.4 Å². The minimum absolute atomic E-state index is 0.203. The van der Waals surface area contributed by atoms with Gasteiger partial charge in [0.25, 0.3) is 5.91 Å². The Balaban J connectivity index is 1.67. The Kier molecular flexibility index (Phi) is 3.95. The summed E-state index contributed by atoms with van der Waals surface area (Å²) in [7, 11) is 1.58. The van der Waals surface area contributed by atoms with Crippen LogP contribution < -0.4 is 15.4 Å². The van der Waals surface area contributed by atoms with E-state index in [1.165, 1.54) is 18.3 Å². The number of benzene rings is 1. The normalized spacial score (nSPS) is 23.0. The van der Waals surface area contributed by atoms with Crippen LogP contribution in [0.15, 0.2) is 30.6 Å². The number of halogens is 1. The lowest BCUT2D eigenvalue weighted by Gasteiger charge is -2.29. The molecule has 9 heteroatoms. The topological polar surface area (TPSA) is 89.8 Å². The third-order valence-corrected chi connectivity index (χ3v) is 5.41. The second-order valence-electron chi connectivity index (χ2n) is 7.57. The number of hydrogen-bond donors (Lipinski definition) is 2. The van der Waals surface area contributed by atoms with Crippen LogP contribution >= 0.6 is 0 Å². The monoisotopic (exact) mass is 397 g/mol. The summed E-state index contributed by atoms with van der Waals surface area (Å²) in [5, 5.41) is 10.4. The molecule has 0 saturated carbocycles. The van der Waals surface area contributed by atoms with E-state index in [0.717, 1.165) is 5.56 Å². The van der Waals surface area contributed by atoms with Gasteiger partial charge in [0.2, 0.25) is 0 Å². The lowest BCUT2D eigenvalue weighted by atomic mass is 9.95. The Bertz CT molecular complexity index is 1130. The van der Waals surface area contributed by atoms with Gasteiger partial charge >= 0.3 is 0 Å². The van der Waals surface area contributed by atoms with Crippen LogP contribution in [-0.2, 0) is 11.2 Å². The van der Waals surface area contributed by atoms with Crippen molar-refractivity contribution in [1.82, 2.24) is 19.9 Å². The average Bonchev–Trinajstić information content (AvgIpc) is 3.26. The summed E-state index contributed by atoms with van der Waals surface area (Å²) < 4.78 is 27.6. The molecule has 1 aromatic carbocycles. The van der Waals surface area contributed by atoms with Crippen molar-refractivity contribution in [2.45, 2.75) is 25.0 Å². The molecule has 4 heterocycles. The molecule has 8 nitrogen and oxygen atoms in total. The first-order valence-corrected chi connectivity index (χ1v) is 9.37. The Morgan fingerprint density at radius 1 is 1.45 bits per heavy atom. The zero-order valence-electron chi connectivity index (χ0n) is 16.0. The predicted octanol–water partition coefficient (Wildman–Crippen LogP) is 2.10. The highest BCUT2D eigenvalue weighted by molar-refractivity contribution is 5.99. The highest BCUT2D eigenvalue weighted by Crippen LogP contribution is 2.42. The lowest BCUT2D eigenvalue weighted by molar-refractivity contribution is 0.00667. The van der Waals surface area contributed by atoms with E-state index < -0.39 is 5.60 Å². The summed E-state index contributed by atoms with van der Waals surface area (Å²) >= 11 is 0. The third kappa shape index (κ3) is 2.89. The van der Waals surface area contributed by atoms with E-state index in [2.05, 4.69) is 20.7 Å². The van der Waals surface area contributed by atoms with E-state index in [0.29, 0.717) is 34.8 Å². The Morgan fingerprint density at radius 2 is 2.31 bits per heavy atom. The summed E-state index contributed by atoms with van der Waals surface area (Å²) in [6.07, 6.45) is 3.65. The van der Waals surface area contributed by atoms with Crippen molar-refractivity contribution >= 4 is 17.4 Å². The van der Waals surface area contributed by atoms with Crippen LogP contribution in [0.3, 0.4) is 0 Å². The Labute approximate surface area is 166 Å². The van der Waals surface area contributed by atoms with Crippen molar-refractivity contribution in [3.05, 3.63) is 53.1 Å². The number of rotatable bonds is 2. The molecule has 0 spiro atoms. The molecule has 2 aliphatic heterocycles. The molecule has 2 aliphatic rings. The van der Waals surface area contributed by atoms with Crippen molar-refractivity contribution in [3.8, 4) is 5.75 Å². The van der Waals surface area contributed by atoms with Crippen molar-refractivity contribution in [1.29, 1.82) is 0 Å². The van der Waals surface area contributed by atoms with Gasteiger partial charge in [-0.15, -0.1) is 0 Å². The Morgan fingerprint density at radius 3 is 3.14 bits per heavy atom. The number of anilines is 1. The van der Waals surface area contributed by atoms with Crippen LogP contribution in [0.1, 0.15) is 34.5 Å². The fourth-order valence-corrected chi connectivity index (χ4v) is 4.09. The average molecular weight is 397 g/mol. The SMILES string of the molecule is COC[C@]12CNC(=O)c3cnn4ccc(nc34)N[C@H](C)c3cc(F)cc(c3O1)C2. The number of carbonyl (C=O) groups is 1. The highest BCUT2D eigenvalue weighted by atomic mass is 19.1. The van der Waals surface area contributed by atoms with E-state index >= 15 is 0 Å². The first-order chi connectivity index (χ1) is 14.0. The summed E-state index contributed by atoms with van der Waals surface area (Å²) in [6, 6.07) is 4.44. The quantitative estimate of drug-likeness (QED) is 0.689. The number of hydrogen-bond acceptors (Lipinski definition) is 6. The molecule has 0 unspecified atom stereocenters. The largest absolute Gasteiger partial charge is 0.482 e. The number of carbonyl (C=O) groups excluding carboxylic acids is 1. The molecule has 2 atom stereocenters. The summed E-state index contributed by atoms with van der Waals surface area (Å²) in [5.74, 6) is 0.541. The van der Waals surface area contributed by atoms with E-state index in [-0.39, 0.29) is 30.9 Å². The molecule has 1 amide bonds. The molecule has 2 N–H and O–H groups in total. The third-order valence-electron chi connectivity index (χ3n) is 5.41. The minimum Gasteiger partial charge on any atom is -0.482 e. The highest BCUT2D eigenvalue weighted by Gasteiger charge is 2.42.